The van der Waals surface area contributed by atoms with Gasteiger partial charge in [0.05, 0.1) is 5.56 Å². The highest BCUT2D eigenvalue weighted by Gasteiger charge is 2.14. The molecule has 4 nitrogen and oxygen atoms in total. The number of rotatable bonds is 6. The number of carbonyl (C=O) groups excluding carboxylic acids is 1. The molecule has 0 unspecified atom stereocenters. The van der Waals surface area contributed by atoms with Crippen LogP contribution in [0.1, 0.15) is 28.4 Å². The summed E-state index contributed by atoms with van der Waals surface area (Å²) in [4.78, 5) is 12.3. The minimum Gasteiger partial charge on any atom is -0.488 e. The summed E-state index contributed by atoms with van der Waals surface area (Å²) in [6.07, 6.45) is 0. The standard InChI is InChI=1S/C18H22N2O2.ClH/c1-13-7-3-4-8-15(13)12-22-17-10-6-5-9-16(17)18(21)20-14(2)11-19;/h3-10,14H,11-12,19H2,1-2H3,(H,20,21);1H/t14-;/m0./s1. The van der Waals surface area contributed by atoms with Gasteiger partial charge < -0.3 is 15.8 Å². The molecule has 3 N–H and O–H groups in total. The van der Waals surface area contributed by atoms with E-state index < -0.39 is 0 Å². The van der Waals surface area contributed by atoms with Crippen LogP contribution in [-0.4, -0.2) is 18.5 Å². The van der Waals surface area contributed by atoms with Crippen LogP contribution in [-0.2, 0) is 6.61 Å². The van der Waals surface area contributed by atoms with Gasteiger partial charge >= 0.3 is 0 Å². The van der Waals surface area contributed by atoms with E-state index in [0.717, 1.165) is 5.56 Å². The zero-order valence-electron chi connectivity index (χ0n) is 13.4. The Hall–Kier alpha value is -2.04. The smallest absolute Gasteiger partial charge is 0.255 e. The lowest BCUT2D eigenvalue weighted by Gasteiger charge is -2.15. The van der Waals surface area contributed by atoms with Gasteiger partial charge in [-0.3, -0.25) is 4.79 Å². The van der Waals surface area contributed by atoms with E-state index in [2.05, 4.69) is 5.32 Å². The fourth-order valence-corrected chi connectivity index (χ4v) is 2.07. The van der Waals surface area contributed by atoms with Crippen molar-refractivity contribution in [2.75, 3.05) is 6.54 Å². The highest BCUT2D eigenvalue weighted by molar-refractivity contribution is 5.97. The number of hydrogen-bond donors (Lipinski definition) is 2. The van der Waals surface area contributed by atoms with E-state index in [0.29, 0.717) is 24.5 Å². The van der Waals surface area contributed by atoms with E-state index in [-0.39, 0.29) is 24.4 Å². The third-order valence-corrected chi connectivity index (χ3v) is 3.51. The van der Waals surface area contributed by atoms with Crippen molar-refractivity contribution in [1.29, 1.82) is 0 Å². The predicted molar refractivity (Wildman–Crippen MR) is 95.2 cm³/mol. The molecule has 0 saturated heterocycles. The summed E-state index contributed by atoms with van der Waals surface area (Å²) in [7, 11) is 0. The molecule has 124 valence electrons. The van der Waals surface area contributed by atoms with Crippen molar-refractivity contribution in [1.82, 2.24) is 5.32 Å². The Kier molecular flexibility index (Phi) is 7.59. The first-order valence-corrected chi connectivity index (χ1v) is 7.39. The molecule has 1 atom stereocenters. The molecule has 0 heterocycles. The maximum absolute atomic E-state index is 12.3. The molecule has 0 aromatic heterocycles. The molecule has 2 aromatic carbocycles. The first-order chi connectivity index (χ1) is 10.6. The second-order valence-electron chi connectivity index (χ2n) is 5.32. The summed E-state index contributed by atoms with van der Waals surface area (Å²) < 4.78 is 5.85. The highest BCUT2D eigenvalue weighted by atomic mass is 35.5. The zero-order valence-corrected chi connectivity index (χ0v) is 14.2. The van der Waals surface area contributed by atoms with Crippen LogP contribution < -0.4 is 15.8 Å². The Morgan fingerprint density at radius 1 is 1.17 bits per heavy atom. The molecule has 2 rings (SSSR count). The Bertz CT molecular complexity index is 646. The zero-order chi connectivity index (χ0) is 15.9. The van der Waals surface area contributed by atoms with Crippen molar-refractivity contribution in [3.8, 4) is 5.75 Å². The SMILES string of the molecule is Cc1ccccc1COc1ccccc1C(=O)N[C@@H](C)CN.Cl. The number of nitrogens with two attached hydrogens (primary N) is 1. The highest BCUT2D eigenvalue weighted by Crippen LogP contribution is 2.20. The van der Waals surface area contributed by atoms with Crippen LogP contribution in [0.25, 0.3) is 0 Å². The van der Waals surface area contributed by atoms with Gasteiger partial charge in [0.2, 0.25) is 0 Å². The third kappa shape index (κ3) is 5.27. The molecule has 0 aliphatic rings. The van der Waals surface area contributed by atoms with Gasteiger partial charge in [-0.05, 0) is 37.1 Å². The van der Waals surface area contributed by atoms with Gasteiger partial charge in [-0.25, -0.2) is 0 Å². The Labute approximate surface area is 143 Å². The lowest BCUT2D eigenvalue weighted by Crippen LogP contribution is -2.37. The average molecular weight is 335 g/mol. The van der Waals surface area contributed by atoms with Crippen molar-refractivity contribution in [3.63, 3.8) is 0 Å². The number of halogens is 1. The Morgan fingerprint density at radius 2 is 1.83 bits per heavy atom. The molecule has 23 heavy (non-hydrogen) atoms. The number of aryl methyl sites for hydroxylation is 1. The number of hydrogen-bond acceptors (Lipinski definition) is 3. The van der Waals surface area contributed by atoms with Crippen molar-refractivity contribution in [2.24, 2.45) is 5.73 Å². The van der Waals surface area contributed by atoms with E-state index in [1.165, 1.54) is 5.56 Å². The molecule has 0 spiro atoms. The number of benzene rings is 2. The molecule has 2 aromatic rings. The largest absolute Gasteiger partial charge is 0.488 e. The quantitative estimate of drug-likeness (QED) is 0.853. The normalized spacial score (nSPS) is 11.3. The number of nitrogens with one attached hydrogen (secondary N) is 1. The van der Waals surface area contributed by atoms with Crippen LogP contribution in [0.4, 0.5) is 0 Å². The molecule has 0 fully saturated rings. The Morgan fingerprint density at radius 3 is 2.52 bits per heavy atom. The van der Waals surface area contributed by atoms with E-state index in [1.54, 1.807) is 12.1 Å². The molecule has 0 aliphatic heterocycles. The fourth-order valence-electron chi connectivity index (χ4n) is 2.07. The monoisotopic (exact) mass is 334 g/mol. The molecular formula is C18H23ClN2O2. The van der Waals surface area contributed by atoms with Gasteiger partial charge in [-0.15, -0.1) is 12.4 Å². The summed E-state index contributed by atoms with van der Waals surface area (Å²) in [5.74, 6) is 0.408. The van der Waals surface area contributed by atoms with Gasteiger partial charge in [0.1, 0.15) is 12.4 Å². The van der Waals surface area contributed by atoms with Gasteiger partial charge in [-0.1, -0.05) is 36.4 Å². The third-order valence-electron chi connectivity index (χ3n) is 3.51. The van der Waals surface area contributed by atoms with Crippen molar-refractivity contribution in [2.45, 2.75) is 26.5 Å². The van der Waals surface area contributed by atoms with Crippen molar-refractivity contribution >= 4 is 18.3 Å². The summed E-state index contributed by atoms with van der Waals surface area (Å²) in [6, 6.07) is 15.2. The summed E-state index contributed by atoms with van der Waals surface area (Å²) in [5, 5.41) is 2.85. The fraction of sp³-hybridized carbons (Fsp3) is 0.278. The lowest BCUT2D eigenvalue weighted by atomic mass is 10.1. The van der Waals surface area contributed by atoms with Crippen LogP contribution >= 0.6 is 12.4 Å². The second kappa shape index (κ2) is 9.18. The van der Waals surface area contributed by atoms with E-state index in [9.17, 15) is 4.79 Å². The minimum absolute atomic E-state index is 0. The maximum Gasteiger partial charge on any atom is 0.255 e. The van der Waals surface area contributed by atoms with E-state index >= 15 is 0 Å². The van der Waals surface area contributed by atoms with Gasteiger partial charge in [0.15, 0.2) is 0 Å². The first kappa shape index (κ1) is 19.0. The van der Waals surface area contributed by atoms with Crippen LogP contribution in [0.2, 0.25) is 0 Å². The summed E-state index contributed by atoms with van der Waals surface area (Å²) >= 11 is 0. The van der Waals surface area contributed by atoms with Crippen LogP contribution in [0, 0.1) is 6.92 Å². The molecule has 0 radical (unpaired) electrons. The van der Waals surface area contributed by atoms with Gasteiger partial charge in [0.25, 0.3) is 5.91 Å². The summed E-state index contributed by atoms with van der Waals surface area (Å²) in [6.45, 7) is 4.75. The number of para-hydroxylation sites is 1. The van der Waals surface area contributed by atoms with Crippen LogP contribution in [0.3, 0.4) is 0 Å². The van der Waals surface area contributed by atoms with Crippen LogP contribution in [0.15, 0.2) is 48.5 Å². The molecule has 0 bridgehead atoms. The first-order valence-electron chi connectivity index (χ1n) is 7.39. The number of ether oxygens (including phenoxy) is 1. The van der Waals surface area contributed by atoms with Crippen molar-refractivity contribution < 1.29 is 9.53 Å². The molecule has 5 heteroatoms. The van der Waals surface area contributed by atoms with Crippen molar-refractivity contribution in [3.05, 3.63) is 65.2 Å². The van der Waals surface area contributed by atoms with E-state index in [1.807, 2.05) is 50.2 Å². The molecule has 0 saturated carbocycles. The Balaban J connectivity index is 0.00000264. The minimum atomic E-state index is -0.168. The van der Waals surface area contributed by atoms with Gasteiger partial charge in [0, 0.05) is 12.6 Å². The topological polar surface area (TPSA) is 64.3 Å². The predicted octanol–water partition coefficient (Wildman–Crippen LogP) is 3.07. The lowest BCUT2D eigenvalue weighted by molar-refractivity contribution is 0.0936. The van der Waals surface area contributed by atoms with E-state index in [4.69, 9.17) is 10.5 Å². The second-order valence-corrected chi connectivity index (χ2v) is 5.32. The van der Waals surface area contributed by atoms with Crippen LogP contribution in [0.5, 0.6) is 5.75 Å². The number of amides is 1. The molecule has 1 amide bonds. The summed E-state index contributed by atoms with van der Waals surface area (Å²) in [5.41, 5.74) is 8.34. The maximum atomic E-state index is 12.3. The molecular weight excluding hydrogens is 312 g/mol. The number of carbonyl (C=O) groups is 1. The average Bonchev–Trinajstić information content (AvgIpc) is 2.54. The van der Waals surface area contributed by atoms with Gasteiger partial charge in [-0.2, -0.15) is 0 Å². The molecule has 0 aliphatic carbocycles.